The Labute approximate surface area is 169 Å². The molecule has 1 aromatic rings. The molecule has 0 fully saturated rings. The largest absolute Gasteiger partial charge is 0.504 e. The first-order valence-electron chi connectivity index (χ1n) is 10.9. The van der Waals surface area contributed by atoms with Crippen molar-refractivity contribution in [3.8, 4) is 11.5 Å². The average Bonchev–Trinajstić information content (AvgIpc) is 2.67. The van der Waals surface area contributed by atoms with Crippen LogP contribution in [-0.4, -0.2) is 34.5 Å². The standard InChI is InChI=1S/C23H38O5/c1-2-3-4-9-12-17-28-18-13-10-7-5-6-8-11-14-19-15-16-20(24)22(25)21(19)23(26)27/h15-16,24-25H,2-14,17-18H2,1H3,(H,26,27). The average molecular weight is 395 g/mol. The predicted octanol–water partition coefficient (Wildman–Crippen LogP) is 6.06. The summed E-state index contributed by atoms with van der Waals surface area (Å²) in [4.78, 5) is 11.3. The Balaban J connectivity index is 2.00. The van der Waals surface area contributed by atoms with Crippen molar-refractivity contribution in [1.82, 2.24) is 0 Å². The fourth-order valence-corrected chi connectivity index (χ4v) is 3.38. The molecule has 0 unspecified atom stereocenters. The summed E-state index contributed by atoms with van der Waals surface area (Å²) in [5.41, 5.74) is 0.403. The Bertz CT molecular complexity index is 556. The molecule has 0 saturated heterocycles. The number of phenolic OH excluding ortho intramolecular Hbond substituents is 1. The highest BCUT2D eigenvalue weighted by molar-refractivity contribution is 5.93. The second-order valence-corrected chi connectivity index (χ2v) is 7.52. The van der Waals surface area contributed by atoms with Crippen molar-refractivity contribution < 1.29 is 24.9 Å². The van der Waals surface area contributed by atoms with Gasteiger partial charge < -0.3 is 20.1 Å². The summed E-state index contributed by atoms with van der Waals surface area (Å²) in [6.45, 7) is 4.00. The van der Waals surface area contributed by atoms with Crippen molar-refractivity contribution in [3.05, 3.63) is 23.3 Å². The topological polar surface area (TPSA) is 87.0 Å². The Morgan fingerprint density at radius 3 is 1.93 bits per heavy atom. The molecule has 0 spiro atoms. The van der Waals surface area contributed by atoms with Crippen LogP contribution >= 0.6 is 0 Å². The number of phenols is 2. The van der Waals surface area contributed by atoms with Crippen molar-refractivity contribution in [2.75, 3.05) is 13.2 Å². The van der Waals surface area contributed by atoms with E-state index in [0.29, 0.717) is 12.0 Å². The zero-order valence-corrected chi connectivity index (χ0v) is 17.4. The van der Waals surface area contributed by atoms with Crippen LogP contribution in [0.2, 0.25) is 0 Å². The minimum absolute atomic E-state index is 0.176. The van der Waals surface area contributed by atoms with Gasteiger partial charge >= 0.3 is 5.97 Å². The maximum absolute atomic E-state index is 11.3. The number of carboxylic acids is 1. The van der Waals surface area contributed by atoms with E-state index in [1.165, 1.54) is 57.4 Å². The minimum Gasteiger partial charge on any atom is -0.504 e. The molecule has 0 aromatic heterocycles. The third-order valence-corrected chi connectivity index (χ3v) is 5.08. The van der Waals surface area contributed by atoms with E-state index in [1.54, 1.807) is 6.07 Å². The number of carboxylic acid groups (broad SMARTS) is 1. The number of aryl methyl sites for hydroxylation is 1. The maximum Gasteiger partial charge on any atom is 0.339 e. The van der Waals surface area contributed by atoms with Gasteiger partial charge in [-0.25, -0.2) is 4.79 Å². The normalized spacial score (nSPS) is 11.0. The smallest absolute Gasteiger partial charge is 0.339 e. The summed E-state index contributed by atoms with van der Waals surface area (Å²) in [7, 11) is 0. The molecular formula is C23H38O5. The van der Waals surface area contributed by atoms with Crippen LogP contribution in [0.1, 0.15) is 99.9 Å². The lowest BCUT2D eigenvalue weighted by Gasteiger charge is -2.09. The van der Waals surface area contributed by atoms with Gasteiger partial charge in [-0.1, -0.05) is 70.8 Å². The second kappa shape index (κ2) is 15.2. The fourth-order valence-electron chi connectivity index (χ4n) is 3.38. The van der Waals surface area contributed by atoms with Gasteiger partial charge in [-0.05, 0) is 37.3 Å². The van der Waals surface area contributed by atoms with Crippen LogP contribution in [0.3, 0.4) is 0 Å². The van der Waals surface area contributed by atoms with Crippen LogP contribution in [0.25, 0.3) is 0 Å². The molecular weight excluding hydrogens is 356 g/mol. The summed E-state index contributed by atoms with van der Waals surface area (Å²) in [5.74, 6) is -2.12. The molecule has 0 bridgehead atoms. The molecule has 0 aliphatic carbocycles. The van der Waals surface area contributed by atoms with Gasteiger partial charge in [0.25, 0.3) is 0 Å². The van der Waals surface area contributed by atoms with Gasteiger partial charge in [-0.2, -0.15) is 0 Å². The minimum atomic E-state index is -1.20. The van der Waals surface area contributed by atoms with Gasteiger partial charge in [-0.15, -0.1) is 0 Å². The van der Waals surface area contributed by atoms with E-state index >= 15 is 0 Å². The fraction of sp³-hybridized carbons (Fsp3) is 0.696. The summed E-state index contributed by atoms with van der Waals surface area (Å²) in [6.07, 6.45) is 14.8. The zero-order chi connectivity index (χ0) is 20.6. The molecule has 0 aliphatic rings. The zero-order valence-electron chi connectivity index (χ0n) is 17.4. The molecule has 0 heterocycles. The molecule has 0 atom stereocenters. The second-order valence-electron chi connectivity index (χ2n) is 7.52. The molecule has 0 saturated carbocycles. The number of benzene rings is 1. The lowest BCUT2D eigenvalue weighted by Crippen LogP contribution is -2.03. The van der Waals surface area contributed by atoms with E-state index in [1.807, 2.05) is 0 Å². The van der Waals surface area contributed by atoms with Crippen LogP contribution in [0.4, 0.5) is 0 Å². The number of rotatable bonds is 17. The number of unbranched alkanes of at least 4 members (excludes halogenated alkanes) is 10. The molecule has 28 heavy (non-hydrogen) atoms. The third kappa shape index (κ3) is 9.98. The Kier molecular flexibility index (Phi) is 13.2. The number of aromatic carboxylic acids is 1. The SMILES string of the molecule is CCCCCCCOCCCCCCCCCc1ccc(O)c(O)c1C(=O)O. The highest BCUT2D eigenvalue weighted by Crippen LogP contribution is 2.32. The molecule has 0 aliphatic heterocycles. The molecule has 160 valence electrons. The van der Waals surface area contributed by atoms with Crippen LogP contribution in [0.5, 0.6) is 11.5 Å². The van der Waals surface area contributed by atoms with Gasteiger partial charge in [0.05, 0.1) is 0 Å². The Morgan fingerprint density at radius 1 is 0.821 bits per heavy atom. The molecule has 5 nitrogen and oxygen atoms in total. The van der Waals surface area contributed by atoms with E-state index in [2.05, 4.69) is 6.92 Å². The molecule has 0 radical (unpaired) electrons. The van der Waals surface area contributed by atoms with Gasteiger partial charge in [0.15, 0.2) is 11.5 Å². The number of hydrogen-bond donors (Lipinski definition) is 3. The molecule has 1 aromatic carbocycles. The van der Waals surface area contributed by atoms with Crippen LogP contribution in [0, 0.1) is 0 Å². The van der Waals surface area contributed by atoms with Crippen molar-refractivity contribution >= 4 is 5.97 Å². The molecule has 1 rings (SSSR count). The van der Waals surface area contributed by atoms with Crippen LogP contribution in [0.15, 0.2) is 12.1 Å². The van der Waals surface area contributed by atoms with Gasteiger partial charge in [0.1, 0.15) is 5.56 Å². The summed E-state index contributed by atoms with van der Waals surface area (Å²) in [5, 5.41) is 28.4. The highest BCUT2D eigenvalue weighted by atomic mass is 16.5. The summed E-state index contributed by atoms with van der Waals surface area (Å²) >= 11 is 0. The summed E-state index contributed by atoms with van der Waals surface area (Å²) < 4.78 is 5.67. The highest BCUT2D eigenvalue weighted by Gasteiger charge is 2.18. The Morgan fingerprint density at radius 2 is 1.36 bits per heavy atom. The van der Waals surface area contributed by atoms with Crippen molar-refractivity contribution in [2.24, 2.45) is 0 Å². The van der Waals surface area contributed by atoms with Crippen LogP contribution in [-0.2, 0) is 11.2 Å². The van der Waals surface area contributed by atoms with Crippen LogP contribution < -0.4 is 0 Å². The van der Waals surface area contributed by atoms with Gasteiger partial charge in [0.2, 0.25) is 0 Å². The van der Waals surface area contributed by atoms with Gasteiger partial charge in [0, 0.05) is 13.2 Å². The van der Waals surface area contributed by atoms with E-state index in [-0.39, 0.29) is 11.3 Å². The van der Waals surface area contributed by atoms with E-state index in [4.69, 9.17) is 4.74 Å². The first-order chi connectivity index (χ1) is 13.6. The van der Waals surface area contributed by atoms with Crippen molar-refractivity contribution in [2.45, 2.75) is 90.4 Å². The molecule has 3 N–H and O–H groups in total. The molecule has 5 heteroatoms. The first-order valence-corrected chi connectivity index (χ1v) is 10.9. The summed E-state index contributed by atoms with van der Waals surface area (Å²) in [6, 6.07) is 2.94. The van der Waals surface area contributed by atoms with Gasteiger partial charge in [-0.3, -0.25) is 0 Å². The maximum atomic E-state index is 11.3. The third-order valence-electron chi connectivity index (χ3n) is 5.08. The quantitative estimate of drug-likeness (QED) is 0.221. The van der Waals surface area contributed by atoms with E-state index in [9.17, 15) is 20.1 Å². The number of ether oxygens (including phenoxy) is 1. The lowest BCUT2D eigenvalue weighted by atomic mass is 9.99. The lowest BCUT2D eigenvalue weighted by molar-refractivity contribution is 0.0691. The first kappa shape index (κ1) is 24.3. The predicted molar refractivity (Wildman–Crippen MR) is 112 cm³/mol. The molecule has 0 amide bonds. The van der Waals surface area contributed by atoms with Crippen molar-refractivity contribution in [1.29, 1.82) is 0 Å². The monoisotopic (exact) mass is 394 g/mol. The number of hydrogen-bond acceptors (Lipinski definition) is 4. The van der Waals surface area contributed by atoms with E-state index in [0.717, 1.165) is 38.9 Å². The van der Waals surface area contributed by atoms with E-state index < -0.39 is 11.7 Å². The number of aromatic hydroxyl groups is 2. The van der Waals surface area contributed by atoms with Crippen molar-refractivity contribution in [3.63, 3.8) is 0 Å². The number of carbonyl (C=O) groups is 1. The Hall–Kier alpha value is -1.75.